The van der Waals surface area contributed by atoms with E-state index >= 15 is 8.78 Å². The Balaban J connectivity index is 1.46. The van der Waals surface area contributed by atoms with Crippen molar-refractivity contribution in [2.45, 2.75) is 18.6 Å². The summed E-state index contributed by atoms with van der Waals surface area (Å²) in [5.74, 6) is -3.73. The van der Waals surface area contributed by atoms with E-state index in [1.807, 2.05) is 4.90 Å². The average molecular weight is 575 g/mol. The van der Waals surface area contributed by atoms with Gasteiger partial charge in [-0.15, -0.1) is 0 Å². The van der Waals surface area contributed by atoms with E-state index in [0.29, 0.717) is 32.1 Å². The molecule has 3 aromatic rings. The Kier molecular flexibility index (Phi) is 8.24. The van der Waals surface area contributed by atoms with Gasteiger partial charge in [0, 0.05) is 48.8 Å². The topological polar surface area (TPSA) is 93.2 Å². The molecule has 1 unspecified atom stereocenters. The Bertz CT molecular complexity index is 1400. The van der Waals surface area contributed by atoms with Crippen LogP contribution in [0.5, 0.6) is 11.5 Å². The molecule has 1 N–H and O–H groups in total. The zero-order valence-corrected chi connectivity index (χ0v) is 21.9. The monoisotopic (exact) mass is 574 g/mol. The Morgan fingerprint density at radius 1 is 1.02 bits per heavy atom. The van der Waals surface area contributed by atoms with Crippen molar-refractivity contribution in [1.82, 2.24) is 10.3 Å². The van der Waals surface area contributed by atoms with Gasteiger partial charge in [-0.05, 0) is 36.4 Å². The maximum Gasteiger partial charge on any atom is 0.387 e. The smallest absolute Gasteiger partial charge is 0.387 e. The molecule has 13 heteroatoms. The summed E-state index contributed by atoms with van der Waals surface area (Å²) >= 11 is 0. The van der Waals surface area contributed by atoms with E-state index in [1.54, 1.807) is 18.2 Å². The third kappa shape index (κ3) is 6.04. The van der Waals surface area contributed by atoms with Crippen molar-refractivity contribution < 1.29 is 41.4 Å². The van der Waals surface area contributed by atoms with E-state index in [4.69, 9.17) is 9.47 Å². The number of hydrogen-bond donors (Lipinski definition) is 1. The molecule has 2 atom stereocenters. The van der Waals surface area contributed by atoms with Gasteiger partial charge < -0.3 is 24.4 Å². The number of amides is 2. The molecule has 1 aromatic heterocycles. The van der Waals surface area contributed by atoms with E-state index in [1.165, 1.54) is 36.3 Å². The number of aromatic nitrogens is 1. The lowest BCUT2D eigenvalue weighted by atomic mass is 9.92. The molecule has 0 bridgehead atoms. The lowest BCUT2D eigenvalue weighted by Gasteiger charge is -2.28. The van der Waals surface area contributed by atoms with Gasteiger partial charge in [0.2, 0.25) is 0 Å². The average Bonchev–Trinajstić information content (AvgIpc) is 3.28. The number of anilines is 2. The van der Waals surface area contributed by atoms with Crippen molar-refractivity contribution in [3.8, 4) is 11.5 Å². The number of rotatable bonds is 8. The van der Waals surface area contributed by atoms with Crippen molar-refractivity contribution in [1.29, 1.82) is 0 Å². The van der Waals surface area contributed by atoms with Crippen LogP contribution in [0.25, 0.3) is 0 Å². The molecule has 0 radical (unpaired) electrons. The number of hydrogen-bond acceptors (Lipinski definition) is 7. The highest BCUT2D eigenvalue weighted by atomic mass is 19.3. The van der Waals surface area contributed by atoms with Gasteiger partial charge in [-0.2, -0.15) is 8.78 Å². The Labute approximate surface area is 232 Å². The maximum atomic E-state index is 15.2. The van der Waals surface area contributed by atoms with Crippen molar-refractivity contribution in [3.05, 3.63) is 77.4 Å². The highest BCUT2D eigenvalue weighted by Crippen LogP contribution is 2.36. The van der Waals surface area contributed by atoms with E-state index in [0.717, 1.165) is 12.1 Å². The summed E-state index contributed by atoms with van der Waals surface area (Å²) in [6, 6.07) is 10.6. The quantitative estimate of drug-likeness (QED) is 0.410. The second kappa shape index (κ2) is 12.0. The normalized spacial score (nSPS) is 19.0. The molecule has 2 aromatic carbocycles. The first kappa shape index (κ1) is 28.1. The van der Waals surface area contributed by atoms with E-state index in [-0.39, 0.29) is 29.4 Å². The Morgan fingerprint density at radius 2 is 1.68 bits per heavy atom. The molecule has 0 aliphatic carbocycles. The van der Waals surface area contributed by atoms with Crippen LogP contribution in [0, 0.1) is 11.6 Å². The van der Waals surface area contributed by atoms with E-state index in [2.05, 4.69) is 15.0 Å². The van der Waals surface area contributed by atoms with Crippen LogP contribution >= 0.6 is 0 Å². The van der Waals surface area contributed by atoms with Crippen LogP contribution in [0.3, 0.4) is 0 Å². The number of nitrogens with zero attached hydrogens (tertiary/aromatic N) is 3. The number of halogens is 4. The molecule has 0 spiro atoms. The molecule has 2 amide bonds. The molecule has 3 heterocycles. The zero-order chi connectivity index (χ0) is 29.1. The summed E-state index contributed by atoms with van der Waals surface area (Å²) in [5, 5.41) is 2.58. The summed E-state index contributed by atoms with van der Waals surface area (Å²) in [6.07, 6.45) is 0. The SMILES string of the molecule is COc1cc(F)c([C@@H]2CN(c3cccc(N4CCOCC4)n3)C(=O)C2NC(=O)c2ccc(OC(F)F)cc2)c(F)c1. The summed E-state index contributed by atoms with van der Waals surface area (Å²) < 4.78 is 70.1. The molecule has 41 heavy (non-hydrogen) atoms. The van der Waals surface area contributed by atoms with E-state index in [9.17, 15) is 18.4 Å². The van der Waals surface area contributed by atoms with Gasteiger partial charge in [0.05, 0.1) is 20.3 Å². The van der Waals surface area contributed by atoms with Gasteiger partial charge in [-0.1, -0.05) is 6.07 Å². The number of benzene rings is 2. The van der Waals surface area contributed by atoms with Crippen molar-refractivity contribution in [2.75, 3.05) is 49.8 Å². The number of carbonyl (C=O) groups is 2. The van der Waals surface area contributed by atoms with Crippen LogP contribution in [0.4, 0.5) is 29.2 Å². The number of nitrogens with one attached hydrogen (secondary N) is 1. The number of ether oxygens (including phenoxy) is 3. The minimum absolute atomic E-state index is 0.0275. The fourth-order valence-corrected chi connectivity index (χ4v) is 4.94. The van der Waals surface area contributed by atoms with Crippen molar-refractivity contribution in [2.24, 2.45) is 0 Å². The lowest BCUT2D eigenvalue weighted by molar-refractivity contribution is -0.118. The molecule has 2 saturated heterocycles. The summed E-state index contributed by atoms with van der Waals surface area (Å²) in [7, 11) is 1.27. The molecule has 5 rings (SSSR count). The zero-order valence-electron chi connectivity index (χ0n) is 21.9. The number of morpholine rings is 1. The molecule has 216 valence electrons. The van der Waals surface area contributed by atoms with Crippen molar-refractivity contribution in [3.63, 3.8) is 0 Å². The number of methoxy groups -OCH3 is 1. The summed E-state index contributed by atoms with van der Waals surface area (Å²) in [5.41, 5.74) is -0.364. The second-order valence-electron chi connectivity index (χ2n) is 9.37. The predicted molar refractivity (Wildman–Crippen MR) is 140 cm³/mol. The van der Waals surface area contributed by atoms with Gasteiger partial charge >= 0.3 is 6.61 Å². The summed E-state index contributed by atoms with van der Waals surface area (Å²) in [6.45, 7) is -0.955. The molecular weight excluding hydrogens is 548 g/mol. The summed E-state index contributed by atoms with van der Waals surface area (Å²) in [4.78, 5) is 34.7. The molecule has 2 aliphatic heterocycles. The number of alkyl halides is 2. The first-order valence-corrected chi connectivity index (χ1v) is 12.7. The molecule has 9 nitrogen and oxygen atoms in total. The number of pyridine rings is 1. The minimum atomic E-state index is -3.04. The highest BCUT2D eigenvalue weighted by Gasteiger charge is 2.45. The minimum Gasteiger partial charge on any atom is -0.497 e. The van der Waals surface area contributed by atoms with Crippen LogP contribution in [-0.2, 0) is 9.53 Å². The lowest BCUT2D eigenvalue weighted by Crippen LogP contribution is -2.44. The third-order valence-electron chi connectivity index (χ3n) is 6.93. The predicted octanol–water partition coefficient (Wildman–Crippen LogP) is 3.74. The van der Waals surface area contributed by atoms with Crippen LogP contribution in [0.2, 0.25) is 0 Å². The third-order valence-corrected chi connectivity index (χ3v) is 6.93. The molecule has 2 aliphatic rings. The van der Waals surface area contributed by atoms with Crippen molar-refractivity contribution >= 4 is 23.5 Å². The first-order valence-electron chi connectivity index (χ1n) is 12.7. The molecule has 0 saturated carbocycles. The van der Waals surface area contributed by atoms with Gasteiger partial charge in [0.25, 0.3) is 11.8 Å². The Hall–Kier alpha value is -4.39. The fraction of sp³-hybridized carbons (Fsp3) is 0.321. The van der Waals surface area contributed by atoms with Crippen LogP contribution < -0.4 is 24.6 Å². The van der Waals surface area contributed by atoms with Gasteiger partial charge in [-0.3, -0.25) is 14.5 Å². The fourth-order valence-electron chi connectivity index (χ4n) is 4.94. The largest absolute Gasteiger partial charge is 0.497 e. The molecular formula is C28H26F4N4O5. The Morgan fingerprint density at radius 3 is 2.32 bits per heavy atom. The van der Waals surface area contributed by atoms with Crippen LogP contribution in [0.15, 0.2) is 54.6 Å². The van der Waals surface area contributed by atoms with E-state index < -0.39 is 47.6 Å². The standard InChI is InChI=1S/C28H26F4N4O5/c1-39-18-13-20(29)24(21(30)14-18)19-15-36(23-4-2-3-22(33-23)35-9-11-40-12-10-35)27(38)25(19)34-26(37)16-5-7-17(8-6-16)41-28(31)32/h2-8,13-14,19,25,28H,9-12,15H2,1H3,(H,34,37)/t19-,25?/m0/s1. The highest BCUT2D eigenvalue weighted by molar-refractivity contribution is 6.04. The first-order chi connectivity index (χ1) is 19.7. The maximum absolute atomic E-state index is 15.2. The molecule has 2 fully saturated rings. The van der Waals surface area contributed by atoms with Gasteiger partial charge in [0.15, 0.2) is 0 Å². The van der Waals surface area contributed by atoms with Gasteiger partial charge in [0.1, 0.15) is 40.8 Å². The second-order valence-corrected chi connectivity index (χ2v) is 9.37. The number of carbonyl (C=O) groups excluding carboxylic acids is 2. The van der Waals surface area contributed by atoms with Gasteiger partial charge in [-0.25, -0.2) is 13.8 Å². The van der Waals surface area contributed by atoms with Crippen LogP contribution in [-0.4, -0.2) is 69.4 Å². The van der Waals surface area contributed by atoms with Crippen LogP contribution in [0.1, 0.15) is 21.8 Å².